The van der Waals surface area contributed by atoms with Crippen molar-refractivity contribution in [2.75, 3.05) is 20.5 Å². The van der Waals surface area contributed by atoms with E-state index in [4.69, 9.17) is 19.9 Å². The van der Waals surface area contributed by atoms with Crippen LogP contribution in [0.4, 0.5) is 0 Å². The molecule has 0 radical (unpaired) electrons. The van der Waals surface area contributed by atoms with E-state index < -0.39 is 0 Å². The summed E-state index contributed by atoms with van der Waals surface area (Å²) < 4.78 is 16.0. The molecule has 2 N–H and O–H groups in total. The van der Waals surface area contributed by atoms with Crippen LogP contribution in [0.5, 0.6) is 11.5 Å². The Morgan fingerprint density at radius 2 is 2.00 bits per heavy atom. The van der Waals surface area contributed by atoms with E-state index in [1.807, 2.05) is 25.1 Å². The Balaban J connectivity index is 2.74. The fraction of sp³-hybridized carbons (Fsp3) is 0.571. The Morgan fingerprint density at radius 1 is 1.22 bits per heavy atom. The van der Waals surface area contributed by atoms with Gasteiger partial charge < -0.3 is 19.9 Å². The minimum Gasteiger partial charge on any atom is -0.493 e. The summed E-state index contributed by atoms with van der Waals surface area (Å²) in [5, 5.41) is 0. The van der Waals surface area contributed by atoms with Gasteiger partial charge in [-0.3, -0.25) is 0 Å². The molecule has 102 valence electrons. The molecule has 1 unspecified atom stereocenters. The smallest absolute Gasteiger partial charge is 0.189 e. The zero-order chi connectivity index (χ0) is 13.4. The van der Waals surface area contributed by atoms with Crippen molar-refractivity contribution in [3.05, 3.63) is 23.8 Å². The van der Waals surface area contributed by atoms with Gasteiger partial charge in [0.1, 0.15) is 0 Å². The summed E-state index contributed by atoms with van der Waals surface area (Å²) in [4.78, 5) is 0. The Labute approximate surface area is 109 Å². The molecule has 0 heterocycles. The summed E-state index contributed by atoms with van der Waals surface area (Å²) in [5.74, 6) is 1.41. The molecule has 1 atom stereocenters. The molecule has 18 heavy (non-hydrogen) atoms. The molecule has 0 fully saturated rings. The summed E-state index contributed by atoms with van der Waals surface area (Å²) in [6, 6.07) is 6.06. The van der Waals surface area contributed by atoms with E-state index in [1.54, 1.807) is 7.11 Å². The van der Waals surface area contributed by atoms with Gasteiger partial charge in [0.2, 0.25) is 0 Å². The molecule has 0 amide bonds. The zero-order valence-corrected chi connectivity index (χ0v) is 11.4. The number of methoxy groups -OCH3 is 1. The second-order valence-corrected chi connectivity index (χ2v) is 4.11. The third kappa shape index (κ3) is 4.55. The highest BCUT2D eigenvalue weighted by molar-refractivity contribution is 5.43. The predicted molar refractivity (Wildman–Crippen MR) is 72.1 cm³/mol. The van der Waals surface area contributed by atoms with Gasteiger partial charge in [-0.25, -0.2) is 0 Å². The summed E-state index contributed by atoms with van der Waals surface area (Å²) in [6.45, 7) is 4.87. The number of benzene rings is 1. The molecular formula is C14H23NO3. The van der Waals surface area contributed by atoms with Crippen molar-refractivity contribution in [1.82, 2.24) is 0 Å². The number of nitrogens with two attached hydrogens (primary N) is 1. The fourth-order valence-electron chi connectivity index (χ4n) is 1.60. The number of rotatable bonds is 8. The Kier molecular flexibility index (Phi) is 6.54. The number of hydrogen-bond acceptors (Lipinski definition) is 4. The molecule has 1 rings (SSSR count). The molecule has 1 aromatic carbocycles. The minimum absolute atomic E-state index is 0.179. The molecule has 0 saturated heterocycles. The average Bonchev–Trinajstić information content (AvgIpc) is 2.39. The maximum atomic E-state index is 5.95. The number of ether oxygens (including phenoxy) is 3. The highest BCUT2D eigenvalue weighted by Gasteiger charge is 2.08. The first-order chi connectivity index (χ1) is 8.71. The molecule has 0 aliphatic heterocycles. The van der Waals surface area contributed by atoms with E-state index in [0.29, 0.717) is 18.1 Å². The summed E-state index contributed by atoms with van der Waals surface area (Å²) >= 11 is 0. The van der Waals surface area contributed by atoms with Gasteiger partial charge in [-0.1, -0.05) is 13.0 Å². The van der Waals surface area contributed by atoms with Gasteiger partial charge in [-0.15, -0.1) is 0 Å². The molecule has 0 bridgehead atoms. The monoisotopic (exact) mass is 253 g/mol. The zero-order valence-electron chi connectivity index (χ0n) is 11.4. The van der Waals surface area contributed by atoms with Crippen LogP contribution in [0.25, 0.3) is 0 Å². The maximum absolute atomic E-state index is 5.95. The summed E-state index contributed by atoms with van der Waals surface area (Å²) in [7, 11) is 1.63. The van der Waals surface area contributed by atoms with Gasteiger partial charge in [-0.05, 0) is 37.5 Å². The van der Waals surface area contributed by atoms with Crippen LogP contribution in [-0.2, 0) is 11.2 Å². The molecule has 4 nitrogen and oxygen atoms in total. The first-order valence-electron chi connectivity index (χ1n) is 6.34. The highest BCUT2D eigenvalue weighted by Crippen LogP contribution is 2.28. The van der Waals surface area contributed by atoms with E-state index in [1.165, 1.54) is 0 Å². The largest absolute Gasteiger partial charge is 0.493 e. The standard InChI is InChI=1S/C14H23NO3/c1-4-12(15)8-11-6-7-13(16-3)14(9-11)18-10-17-5-2/h6-7,9,12H,4-5,8,10,15H2,1-3H3. The molecular weight excluding hydrogens is 230 g/mol. The van der Waals surface area contributed by atoms with Crippen molar-refractivity contribution in [3.8, 4) is 11.5 Å². The van der Waals surface area contributed by atoms with Gasteiger partial charge in [0.25, 0.3) is 0 Å². The average molecular weight is 253 g/mol. The SMILES string of the molecule is CCOCOc1cc(CC(N)CC)ccc1OC. The van der Waals surface area contributed by atoms with Gasteiger partial charge >= 0.3 is 0 Å². The van der Waals surface area contributed by atoms with Crippen LogP contribution in [0.2, 0.25) is 0 Å². The lowest BCUT2D eigenvalue weighted by molar-refractivity contribution is 0.0208. The van der Waals surface area contributed by atoms with E-state index in [9.17, 15) is 0 Å². The third-order valence-electron chi connectivity index (χ3n) is 2.75. The Hall–Kier alpha value is -1.26. The second kappa shape index (κ2) is 7.95. The van der Waals surface area contributed by atoms with Crippen molar-refractivity contribution in [1.29, 1.82) is 0 Å². The lowest BCUT2D eigenvalue weighted by Gasteiger charge is -2.14. The maximum Gasteiger partial charge on any atom is 0.189 e. The van der Waals surface area contributed by atoms with E-state index >= 15 is 0 Å². The van der Waals surface area contributed by atoms with Crippen molar-refractivity contribution >= 4 is 0 Å². The summed E-state index contributed by atoms with van der Waals surface area (Å²) in [5.41, 5.74) is 7.10. The van der Waals surface area contributed by atoms with Crippen LogP contribution in [-0.4, -0.2) is 26.6 Å². The van der Waals surface area contributed by atoms with Crippen LogP contribution in [0.3, 0.4) is 0 Å². The fourth-order valence-corrected chi connectivity index (χ4v) is 1.60. The molecule has 4 heteroatoms. The Morgan fingerprint density at radius 3 is 2.61 bits per heavy atom. The predicted octanol–water partition coefficient (Wildman–Crippen LogP) is 2.35. The Bertz CT molecular complexity index is 355. The molecule has 0 saturated carbocycles. The lowest BCUT2D eigenvalue weighted by Crippen LogP contribution is -2.21. The molecule has 0 spiro atoms. The van der Waals surface area contributed by atoms with Crippen molar-refractivity contribution in [2.45, 2.75) is 32.7 Å². The van der Waals surface area contributed by atoms with Gasteiger partial charge in [0.15, 0.2) is 18.3 Å². The van der Waals surface area contributed by atoms with Gasteiger partial charge in [-0.2, -0.15) is 0 Å². The second-order valence-electron chi connectivity index (χ2n) is 4.11. The van der Waals surface area contributed by atoms with Crippen molar-refractivity contribution < 1.29 is 14.2 Å². The van der Waals surface area contributed by atoms with Crippen LogP contribution < -0.4 is 15.2 Å². The van der Waals surface area contributed by atoms with Crippen LogP contribution in [0.15, 0.2) is 18.2 Å². The van der Waals surface area contributed by atoms with E-state index in [2.05, 4.69) is 6.92 Å². The van der Waals surface area contributed by atoms with Crippen LogP contribution in [0, 0.1) is 0 Å². The van der Waals surface area contributed by atoms with E-state index in [-0.39, 0.29) is 12.8 Å². The van der Waals surface area contributed by atoms with Crippen LogP contribution in [0.1, 0.15) is 25.8 Å². The number of hydrogen-bond donors (Lipinski definition) is 1. The lowest BCUT2D eigenvalue weighted by atomic mass is 10.0. The topological polar surface area (TPSA) is 53.7 Å². The van der Waals surface area contributed by atoms with Crippen molar-refractivity contribution in [3.63, 3.8) is 0 Å². The van der Waals surface area contributed by atoms with Gasteiger partial charge in [0.05, 0.1) is 7.11 Å². The van der Waals surface area contributed by atoms with Crippen LogP contribution >= 0.6 is 0 Å². The van der Waals surface area contributed by atoms with Gasteiger partial charge in [0, 0.05) is 12.6 Å². The van der Waals surface area contributed by atoms with E-state index in [0.717, 1.165) is 18.4 Å². The molecule has 1 aromatic rings. The molecule has 0 aromatic heterocycles. The highest BCUT2D eigenvalue weighted by atomic mass is 16.7. The molecule has 0 aliphatic rings. The molecule has 0 aliphatic carbocycles. The normalized spacial score (nSPS) is 12.2. The quantitative estimate of drug-likeness (QED) is 0.571. The first-order valence-corrected chi connectivity index (χ1v) is 6.34. The first kappa shape index (κ1) is 14.8. The van der Waals surface area contributed by atoms with Crippen molar-refractivity contribution in [2.24, 2.45) is 5.73 Å². The third-order valence-corrected chi connectivity index (χ3v) is 2.75. The summed E-state index contributed by atoms with van der Waals surface area (Å²) in [6.07, 6.45) is 1.80. The minimum atomic E-state index is 0.179.